The first-order chi connectivity index (χ1) is 21.0. The number of halogens is 1. The van der Waals surface area contributed by atoms with Crippen LogP contribution in [0.25, 0.3) is 0 Å². The molecule has 5 N–H and O–H groups in total. The van der Waals surface area contributed by atoms with E-state index in [0.29, 0.717) is 24.4 Å². The number of carbonyl (C=O) groups is 3. The minimum absolute atomic E-state index is 0. The zero-order valence-corrected chi connectivity index (χ0v) is 28.9. The first kappa shape index (κ1) is 37.3. The molecule has 14 heteroatoms. The van der Waals surface area contributed by atoms with Gasteiger partial charge < -0.3 is 27.2 Å². The maximum atomic E-state index is 13.6. The van der Waals surface area contributed by atoms with Crippen LogP contribution in [0.3, 0.4) is 0 Å². The van der Waals surface area contributed by atoms with Crippen molar-refractivity contribution >= 4 is 39.6 Å². The van der Waals surface area contributed by atoms with Crippen LogP contribution in [0.4, 0.5) is 4.79 Å². The van der Waals surface area contributed by atoms with Gasteiger partial charge >= 0.3 is 35.7 Å². The summed E-state index contributed by atoms with van der Waals surface area (Å²) in [4.78, 5) is 39.2. The van der Waals surface area contributed by atoms with Crippen LogP contribution in [0, 0.1) is 11.8 Å². The molecule has 3 unspecified atom stereocenters. The number of aliphatic hydroxyl groups excluding tert-OH is 1. The molecule has 1 aliphatic carbocycles. The predicted octanol–water partition coefficient (Wildman–Crippen LogP) is 1.02. The summed E-state index contributed by atoms with van der Waals surface area (Å²) in [7, 11) is -4.97. The van der Waals surface area contributed by atoms with E-state index in [-0.39, 0.29) is 55.7 Å². The normalized spacial score (nSPS) is 19.7. The Hall–Kier alpha value is -2.19. The molecule has 3 amide bonds. The molecule has 1 saturated carbocycles. The van der Waals surface area contributed by atoms with Crippen molar-refractivity contribution in [1.82, 2.24) is 16.0 Å². The molecule has 0 aromatic heterocycles. The molecular weight excluding hydrogens is 633 g/mol. The standard InChI is InChI=1S/C31H40ClN3O8S.Na.H/c32-24-13-7-10-21(16-24)18-27(22-11-5-2-6-12-22)43-31(39)35-25(17-20-8-3-1-4-9-20)29(37)34-26(30(38)44(40,41)42)19-23-14-15-33-28(23)36;;/h2,5-7,10-13,16,20,23,25-27,30,38H,1,3-4,8-9,14-15,17-19H2,(H,33,36)(H,34,37)(H,35,39)(H,40,41,42);;/q;+1;-1/t23?,25-,26-,27?,30?;;/m0../s1. The Morgan fingerprint density at radius 3 is 2.36 bits per heavy atom. The molecule has 45 heavy (non-hydrogen) atoms. The van der Waals surface area contributed by atoms with Crippen LogP contribution in [0.5, 0.6) is 0 Å². The Balaban J connectivity index is 0.00000368. The van der Waals surface area contributed by atoms with Crippen LogP contribution in [0.1, 0.15) is 70.0 Å². The molecule has 1 saturated heterocycles. The number of carbonyl (C=O) groups excluding carboxylic acids is 3. The van der Waals surface area contributed by atoms with E-state index in [9.17, 15) is 32.5 Å². The molecule has 4 rings (SSSR count). The average Bonchev–Trinajstić information content (AvgIpc) is 3.40. The van der Waals surface area contributed by atoms with Crippen LogP contribution in [0.15, 0.2) is 54.6 Å². The molecule has 1 heterocycles. The monoisotopic (exact) mass is 673 g/mol. The second-order valence-electron chi connectivity index (χ2n) is 11.6. The van der Waals surface area contributed by atoms with Gasteiger partial charge in [0.2, 0.25) is 17.3 Å². The Labute approximate surface area is 292 Å². The zero-order valence-electron chi connectivity index (χ0n) is 26.4. The molecule has 242 valence electrons. The molecule has 0 spiro atoms. The molecule has 5 atom stereocenters. The van der Waals surface area contributed by atoms with Crippen molar-refractivity contribution in [3.8, 4) is 0 Å². The van der Waals surface area contributed by atoms with Crippen molar-refractivity contribution in [2.45, 2.75) is 81.4 Å². The number of benzene rings is 2. The van der Waals surface area contributed by atoms with Gasteiger partial charge in [0.15, 0.2) is 0 Å². The van der Waals surface area contributed by atoms with E-state index < -0.39 is 51.7 Å². The first-order valence-electron chi connectivity index (χ1n) is 15.0. The van der Waals surface area contributed by atoms with Gasteiger partial charge in [-0.15, -0.1) is 0 Å². The Kier molecular flexibility index (Phi) is 14.6. The van der Waals surface area contributed by atoms with E-state index >= 15 is 0 Å². The number of nitrogens with one attached hydrogen (secondary N) is 3. The molecule has 2 aliphatic rings. The van der Waals surface area contributed by atoms with Crippen molar-refractivity contribution in [3.63, 3.8) is 0 Å². The van der Waals surface area contributed by atoms with Gasteiger partial charge in [-0.05, 0) is 48.4 Å². The molecule has 0 radical (unpaired) electrons. The van der Waals surface area contributed by atoms with Crippen LogP contribution < -0.4 is 45.5 Å². The summed E-state index contributed by atoms with van der Waals surface area (Å²) in [6.45, 7) is 0.377. The van der Waals surface area contributed by atoms with Gasteiger partial charge in [-0.2, -0.15) is 8.42 Å². The van der Waals surface area contributed by atoms with E-state index in [1.807, 2.05) is 36.4 Å². The fourth-order valence-electron chi connectivity index (χ4n) is 5.98. The third-order valence-electron chi connectivity index (χ3n) is 8.31. The molecule has 2 fully saturated rings. The number of alkyl carbamates (subject to hydrolysis) is 1. The predicted molar refractivity (Wildman–Crippen MR) is 165 cm³/mol. The number of rotatable bonds is 13. The van der Waals surface area contributed by atoms with Gasteiger partial charge in [0.25, 0.3) is 10.1 Å². The summed E-state index contributed by atoms with van der Waals surface area (Å²) >= 11 is 6.17. The third-order valence-corrected chi connectivity index (χ3v) is 9.49. The average molecular weight is 674 g/mol. The van der Waals surface area contributed by atoms with E-state index in [4.69, 9.17) is 16.3 Å². The minimum Gasteiger partial charge on any atom is -1.00 e. The summed E-state index contributed by atoms with van der Waals surface area (Å²) in [5.74, 6) is -1.62. The molecule has 2 aromatic rings. The first-order valence-corrected chi connectivity index (χ1v) is 16.9. The van der Waals surface area contributed by atoms with E-state index in [1.54, 1.807) is 18.2 Å². The maximum Gasteiger partial charge on any atom is 1.00 e. The van der Waals surface area contributed by atoms with Crippen molar-refractivity contribution in [2.24, 2.45) is 11.8 Å². The Bertz CT molecular complexity index is 1400. The largest absolute Gasteiger partial charge is 1.00 e. The molecule has 0 bridgehead atoms. The molecular formula is C31H41ClN3NaO8S. The number of ether oxygens (including phenoxy) is 1. The summed E-state index contributed by atoms with van der Waals surface area (Å²) < 4.78 is 39.2. The molecule has 11 nitrogen and oxygen atoms in total. The second-order valence-corrected chi connectivity index (χ2v) is 13.6. The second kappa shape index (κ2) is 17.7. The Morgan fingerprint density at radius 1 is 1.02 bits per heavy atom. The number of amides is 3. The fraction of sp³-hybridized carbons (Fsp3) is 0.516. The summed E-state index contributed by atoms with van der Waals surface area (Å²) in [6.07, 6.45) is 3.98. The van der Waals surface area contributed by atoms with Gasteiger partial charge in [-0.1, -0.05) is 86.2 Å². The number of hydrogen-bond donors (Lipinski definition) is 5. The molecule has 2 aromatic carbocycles. The van der Waals surface area contributed by atoms with Crippen LogP contribution in [0.2, 0.25) is 5.02 Å². The third kappa shape index (κ3) is 11.5. The van der Waals surface area contributed by atoms with E-state index in [1.165, 1.54) is 0 Å². The Morgan fingerprint density at radius 2 is 1.73 bits per heavy atom. The van der Waals surface area contributed by atoms with Crippen molar-refractivity contribution in [1.29, 1.82) is 0 Å². The maximum absolute atomic E-state index is 13.6. The number of hydrogen-bond acceptors (Lipinski definition) is 7. The summed E-state index contributed by atoms with van der Waals surface area (Å²) in [5, 5.41) is 18.8. The quantitative estimate of drug-likeness (QED) is 0.155. The van der Waals surface area contributed by atoms with Crippen LogP contribution >= 0.6 is 11.6 Å². The topological polar surface area (TPSA) is 171 Å². The van der Waals surface area contributed by atoms with Crippen molar-refractivity contribution < 1.29 is 68.2 Å². The minimum atomic E-state index is -4.97. The van der Waals surface area contributed by atoms with Crippen molar-refractivity contribution in [2.75, 3.05) is 6.54 Å². The SMILES string of the molecule is O=C(N[C@@H](CC1CCCCC1)C(=O)N[C@@H](CC1CCNC1=O)C(O)S(=O)(=O)O)OC(Cc1cccc(Cl)c1)c1ccccc1.[H-].[Na+]. The van der Waals surface area contributed by atoms with Crippen LogP contribution in [-0.2, 0) is 30.9 Å². The van der Waals surface area contributed by atoms with E-state index in [2.05, 4.69) is 16.0 Å². The number of aliphatic hydroxyl groups is 1. The van der Waals surface area contributed by atoms with Gasteiger partial charge in [-0.25, -0.2) is 4.79 Å². The van der Waals surface area contributed by atoms with Gasteiger partial charge in [-0.3, -0.25) is 14.1 Å². The smallest absolute Gasteiger partial charge is 1.00 e. The summed E-state index contributed by atoms with van der Waals surface area (Å²) in [5.41, 5.74) is -0.780. The van der Waals surface area contributed by atoms with Gasteiger partial charge in [0.1, 0.15) is 12.1 Å². The van der Waals surface area contributed by atoms with E-state index in [0.717, 1.165) is 43.2 Å². The van der Waals surface area contributed by atoms with Crippen LogP contribution in [-0.4, -0.2) is 60.0 Å². The molecule has 1 aliphatic heterocycles. The summed E-state index contributed by atoms with van der Waals surface area (Å²) in [6, 6.07) is 13.7. The zero-order chi connectivity index (χ0) is 31.7. The van der Waals surface area contributed by atoms with Crippen molar-refractivity contribution in [3.05, 3.63) is 70.7 Å². The fourth-order valence-corrected chi connectivity index (χ4v) is 6.79. The van der Waals surface area contributed by atoms with Gasteiger partial charge in [0.05, 0.1) is 6.04 Å². The van der Waals surface area contributed by atoms with Gasteiger partial charge in [0, 0.05) is 23.9 Å².